The van der Waals surface area contributed by atoms with Gasteiger partial charge in [0.05, 0.1) is 28.5 Å². The predicted octanol–water partition coefficient (Wildman–Crippen LogP) is 2.98. The van der Waals surface area contributed by atoms with Crippen molar-refractivity contribution < 1.29 is 4.39 Å². The van der Waals surface area contributed by atoms with Gasteiger partial charge >= 0.3 is 0 Å². The molecular formula is C10H8Cl2FN3. The summed E-state index contributed by atoms with van der Waals surface area (Å²) in [5.74, 6) is 0.0892. The van der Waals surface area contributed by atoms with E-state index in [0.717, 1.165) is 0 Å². The number of aromatic amines is 1. The number of benzene rings is 1. The maximum atomic E-state index is 13.3. The Bertz CT molecular complexity index is 525. The van der Waals surface area contributed by atoms with E-state index in [0.29, 0.717) is 22.1 Å². The number of nitrogens with two attached hydrogens (primary N) is 1. The number of hydrogen-bond acceptors (Lipinski definition) is 2. The van der Waals surface area contributed by atoms with Crippen molar-refractivity contribution in [2.24, 2.45) is 5.73 Å². The molecule has 1 aromatic carbocycles. The Balaban J connectivity index is 2.51. The van der Waals surface area contributed by atoms with Crippen molar-refractivity contribution in [3.05, 3.63) is 40.0 Å². The van der Waals surface area contributed by atoms with Crippen LogP contribution >= 0.6 is 23.2 Å². The molecule has 3 nitrogen and oxygen atoms in total. The van der Waals surface area contributed by atoms with E-state index in [1.54, 1.807) is 6.20 Å². The van der Waals surface area contributed by atoms with Crippen LogP contribution in [-0.2, 0) is 6.54 Å². The molecule has 0 spiro atoms. The van der Waals surface area contributed by atoms with Gasteiger partial charge in [0.2, 0.25) is 0 Å². The van der Waals surface area contributed by atoms with E-state index in [4.69, 9.17) is 28.9 Å². The molecular weight excluding hydrogens is 252 g/mol. The quantitative estimate of drug-likeness (QED) is 0.815. The molecule has 1 heterocycles. The van der Waals surface area contributed by atoms with Crippen LogP contribution in [0.1, 0.15) is 5.82 Å². The largest absolute Gasteiger partial charge is 0.341 e. The number of aromatic nitrogens is 2. The first-order valence-electron chi connectivity index (χ1n) is 4.50. The molecule has 1 aromatic heterocycles. The van der Waals surface area contributed by atoms with E-state index < -0.39 is 5.82 Å². The summed E-state index contributed by atoms with van der Waals surface area (Å²) in [6.45, 7) is 0.285. The van der Waals surface area contributed by atoms with Crippen molar-refractivity contribution in [1.29, 1.82) is 0 Å². The molecule has 3 N–H and O–H groups in total. The lowest BCUT2D eigenvalue weighted by Crippen LogP contribution is -1.97. The number of halogens is 3. The smallest absolute Gasteiger partial charge is 0.142 e. The fraction of sp³-hybridized carbons (Fsp3) is 0.100. The van der Waals surface area contributed by atoms with Gasteiger partial charge in [-0.3, -0.25) is 0 Å². The lowest BCUT2D eigenvalue weighted by Gasteiger charge is -2.03. The maximum Gasteiger partial charge on any atom is 0.142 e. The topological polar surface area (TPSA) is 54.7 Å². The Labute approximate surface area is 101 Å². The highest BCUT2D eigenvalue weighted by Gasteiger charge is 2.11. The van der Waals surface area contributed by atoms with Gasteiger partial charge in [-0.25, -0.2) is 9.37 Å². The highest BCUT2D eigenvalue weighted by Crippen LogP contribution is 2.31. The van der Waals surface area contributed by atoms with E-state index in [9.17, 15) is 4.39 Å². The zero-order valence-electron chi connectivity index (χ0n) is 8.10. The fourth-order valence-electron chi connectivity index (χ4n) is 1.33. The minimum absolute atomic E-state index is 0.00712. The third kappa shape index (κ3) is 2.04. The van der Waals surface area contributed by atoms with Crippen LogP contribution in [0.25, 0.3) is 11.3 Å². The summed E-state index contributed by atoms with van der Waals surface area (Å²) in [6.07, 6.45) is 1.55. The number of nitrogens with zero attached hydrogens (tertiary/aromatic N) is 1. The van der Waals surface area contributed by atoms with Gasteiger partial charge in [-0.05, 0) is 12.1 Å². The van der Waals surface area contributed by atoms with Crippen LogP contribution < -0.4 is 5.73 Å². The van der Waals surface area contributed by atoms with E-state index in [-0.39, 0.29) is 11.6 Å². The Kier molecular flexibility index (Phi) is 3.14. The molecule has 2 rings (SSSR count). The van der Waals surface area contributed by atoms with Gasteiger partial charge in [-0.2, -0.15) is 0 Å². The average molecular weight is 260 g/mol. The Morgan fingerprint density at radius 2 is 2.06 bits per heavy atom. The molecule has 0 saturated carbocycles. The van der Waals surface area contributed by atoms with Crippen molar-refractivity contribution in [2.75, 3.05) is 0 Å². The van der Waals surface area contributed by atoms with E-state index >= 15 is 0 Å². The Morgan fingerprint density at radius 1 is 1.31 bits per heavy atom. The summed E-state index contributed by atoms with van der Waals surface area (Å²) >= 11 is 11.6. The van der Waals surface area contributed by atoms with Crippen molar-refractivity contribution in [3.63, 3.8) is 0 Å². The van der Waals surface area contributed by atoms with Crippen LogP contribution in [0.15, 0.2) is 18.3 Å². The molecule has 0 radical (unpaired) electrons. The molecule has 0 amide bonds. The summed E-state index contributed by atoms with van der Waals surface area (Å²) in [7, 11) is 0. The molecule has 0 saturated heterocycles. The van der Waals surface area contributed by atoms with Crippen molar-refractivity contribution in [2.45, 2.75) is 6.54 Å². The number of H-pyrrole nitrogens is 1. The normalized spacial score (nSPS) is 10.8. The summed E-state index contributed by atoms with van der Waals surface area (Å²) in [4.78, 5) is 6.95. The lowest BCUT2D eigenvalue weighted by molar-refractivity contribution is 0.628. The number of nitrogens with one attached hydrogen (secondary N) is 1. The highest BCUT2D eigenvalue weighted by atomic mass is 35.5. The monoisotopic (exact) mass is 259 g/mol. The van der Waals surface area contributed by atoms with E-state index in [1.165, 1.54) is 12.1 Å². The number of hydrogen-bond donors (Lipinski definition) is 2. The molecule has 16 heavy (non-hydrogen) atoms. The second-order valence-electron chi connectivity index (χ2n) is 3.19. The lowest BCUT2D eigenvalue weighted by atomic mass is 10.1. The molecule has 0 unspecified atom stereocenters. The molecule has 0 fully saturated rings. The van der Waals surface area contributed by atoms with Gasteiger partial charge in [-0.15, -0.1) is 0 Å². The Hall–Kier alpha value is -1.10. The number of imidazole rings is 1. The molecule has 0 aliphatic rings. The first-order chi connectivity index (χ1) is 7.61. The van der Waals surface area contributed by atoms with Gasteiger partial charge in [-0.1, -0.05) is 23.2 Å². The van der Waals surface area contributed by atoms with Crippen molar-refractivity contribution in [1.82, 2.24) is 9.97 Å². The van der Waals surface area contributed by atoms with Crippen LogP contribution in [0, 0.1) is 5.82 Å². The van der Waals surface area contributed by atoms with E-state index in [2.05, 4.69) is 9.97 Å². The summed E-state index contributed by atoms with van der Waals surface area (Å²) in [5, 5.41) is 0.353. The SMILES string of the molecule is NCc1ncc(-c2cc(F)c(Cl)cc2Cl)[nH]1. The van der Waals surface area contributed by atoms with Gasteiger partial charge in [0.25, 0.3) is 0 Å². The van der Waals surface area contributed by atoms with Crippen LogP contribution in [0.3, 0.4) is 0 Å². The third-order valence-electron chi connectivity index (χ3n) is 2.12. The standard InChI is InChI=1S/C10H8Cl2FN3/c11-6-2-7(12)8(13)1-5(6)9-4-15-10(3-14)16-9/h1-2,4H,3,14H2,(H,15,16). The second-order valence-corrected chi connectivity index (χ2v) is 4.01. The van der Waals surface area contributed by atoms with Gasteiger partial charge in [0.15, 0.2) is 0 Å². The molecule has 0 atom stereocenters. The molecule has 6 heteroatoms. The first-order valence-corrected chi connectivity index (χ1v) is 5.26. The predicted molar refractivity (Wildman–Crippen MR) is 61.9 cm³/mol. The second kappa shape index (κ2) is 4.41. The molecule has 0 bridgehead atoms. The summed E-state index contributed by atoms with van der Waals surface area (Å²) < 4.78 is 13.3. The molecule has 84 valence electrons. The summed E-state index contributed by atoms with van der Waals surface area (Å²) in [5.41, 5.74) is 6.53. The van der Waals surface area contributed by atoms with Crippen molar-refractivity contribution >= 4 is 23.2 Å². The zero-order valence-corrected chi connectivity index (χ0v) is 9.61. The van der Waals surface area contributed by atoms with Gasteiger partial charge in [0, 0.05) is 5.56 Å². The van der Waals surface area contributed by atoms with Crippen LogP contribution in [0.5, 0.6) is 0 Å². The average Bonchev–Trinajstić information content (AvgIpc) is 2.71. The van der Waals surface area contributed by atoms with Crippen LogP contribution in [0.4, 0.5) is 4.39 Å². The van der Waals surface area contributed by atoms with Gasteiger partial charge in [0.1, 0.15) is 11.6 Å². The van der Waals surface area contributed by atoms with Crippen LogP contribution in [0.2, 0.25) is 10.0 Å². The molecule has 0 aliphatic carbocycles. The third-order valence-corrected chi connectivity index (χ3v) is 2.72. The minimum atomic E-state index is -0.523. The molecule has 2 aromatic rings. The maximum absolute atomic E-state index is 13.3. The van der Waals surface area contributed by atoms with Gasteiger partial charge < -0.3 is 10.7 Å². The Morgan fingerprint density at radius 3 is 2.69 bits per heavy atom. The van der Waals surface area contributed by atoms with E-state index in [1.807, 2.05) is 0 Å². The van der Waals surface area contributed by atoms with Crippen LogP contribution in [-0.4, -0.2) is 9.97 Å². The van der Waals surface area contributed by atoms with Crippen molar-refractivity contribution in [3.8, 4) is 11.3 Å². The minimum Gasteiger partial charge on any atom is -0.341 e. The zero-order chi connectivity index (χ0) is 11.7. The molecule has 0 aliphatic heterocycles. The number of rotatable bonds is 2. The summed E-state index contributed by atoms with van der Waals surface area (Å²) in [6, 6.07) is 2.62. The fourth-order valence-corrected chi connectivity index (χ4v) is 1.82. The first kappa shape index (κ1) is 11.4. The highest BCUT2D eigenvalue weighted by molar-refractivity contribution is 6.36.